The number of nitrogens with zero attached hydrogens (tertiary/aromatic N) is 2. The molecule has 0 amide bonds. The van der Waals surface area contributed by atoms with Gasteiger partial charge in [-0.2, -0.15) is 0 Å². The summed E-state index contributed by atoms with van der Waals surface area (Å²) in [6, 6.07) is 5.18. The molecule has 0 saturated heterocycles. The van der Waals surface area contributed by atoms with Crippen molar-refractivity contribution in [3.8, 4) is 5.75 Å². The Hall–Kier alpha value is -1.16. The minimum Gasteiger partial charge on any atom is -0.507 e. The lowest BCUT2D eigenvalue weighted by Gasteiger charge is -1.98. The monoisotopic (exact) mass is 224 g/mol. The molecule has 0 unspecified atom stereocenters. The van der Waals surface area contributed by atoms with Gasteiger partial charge in [-0.3, -0.25) is 0 Å². The van der Waals surface area contributed by atoms with Crippen LogP contribution in [0.2, 0.25) is 0 Å². The third kappa shape index (κ3) is 1.14. The van der Waals surface area contributed by atoms with E-state index in [2.05, 4.69) is 25.9 Å². The molecule has 0 saturated carbocycles. The number of phenolic OH excluding ortho intramolecular Hbond substituents is 1. The van der Waals surface area contributed by atoms with Gasteiger partial charge in [0.1, 0.15) is 5.75 Å². The summed E-state index contributed by atoms with van der Waals surface area (Å²) in [6.45, 7) is 0. The SMILES string of the molecule is Oc1cccc2nc(Br)ncc12. The summed E-state index contributed by atoms with van der Waals surface area (Å²) in [5, 5.41) is 10.0. The van der Waals surface area contributed by atoms with Crippen molar-refractivity contribution in [1.82, 2.24) is 9.97 Å². The molecule has 0 aliphatic rings. The number of benzene rings is 1. The number of rotatable bonds is 0. The van der Waals surface area contributed by atoms with E-state index in [1.165, 1.54) is 0 Å². The van der Waals surface area contributed by atoms with Crippen LogP contribution in [0.3, 0.4) is 0 Å². The number of aromatic nitrogens is 2. The summed E-state index contributed by atoms with van der Waals surface area (Å²) in [5.74, 6) is 0.208. The van der Waals surface area contributed by atoms with E-state index in [4.69, 9.17) is 0 Å². The normalized spacial score (nSPS) is 10.4. The molecule has 60 valence electrons. The van der Waals surface area contributed by atoms with E-state index in [1.807, 2.05) is 6.07 Å². The third-order valence-electron chi connectivity index (χ3n) is 1.57. The van der Waals surface area contributed by atoms with E-state index in [9.17, 15) is 5.11 Å². The maximum atomic E-state index is 9.37. The van der Waals surface area contributed by atoms with Crippen LogP contribution in [-0.4, -0.2) is 15.1 Å². The highest BCUT2D eigenvalue weighted by atomic mass is 79.9. The van der Waals surface area contributed by atoms with Gasteiger partial charge in [0.05, 0.1) is 10.9 Å². The lowest BCUT2D eigenvalue weighted by molar-refractivity contribution is 0.481. The Morgan fingerprint density at radius 2 is 2.17 bits per heavy atom. The first-order valence-electron chi connectivity index (χ1n) is 3.37. The van der Waals surface area contributed by atoms with Crippen molar-refractivity contribution in [1.29, 1.82) is 0 Å². The van der Waals surface area contributed by atoms with Crippen LogP contribution in [0.5, 0.6) is 5.75 Å². The number of phenols is 1. The van der Waals surface area contributed by atoms with Gasteiger partial charge in [0.25, 0.3) is 0 Å². The topological polar surface area (TPSA) is 46.0 Å². The molecule has 0 aliphatic carbocycles. The van der Waals surface area contributed by atoms with E-state index < -0.39 is 0 Å². The fourth-order valence-corrected chi connectivity index (χ4v) is 1.31. The average molecular weight is 225 g/mol. The van der Waals surface area contributed by atoms with E-state index in [1.54, 1.807) is 18.3 Å². The zero-order valence-corrected chi connectivity index (χ0v) is 7.62. The second-order valence-electron chi connectivity index (χ2n) is 2.35. The lowest BCUT2D eigenvalue weighted by atomic mass is 10.2. The molecule has 1 aromatic carbocycles. The third-order valence-corrected chi connectivity index (χ3v) is 1.96. The molecule has 4 heteroatoms. The molecule has 0 bridgehead atoms. The van der Waals surface area contributed by atoms with Gasteiger partial charge in [0, 0.05) is 6.20 Å². The Morgan fingerprint density at radius 3 is 3.00 bits per heavy atom. The van der Waals surface area contributed by atoms with Gasteiger partial charge in [-0.15, -0.1) is 0 Å². The van der Waals surface area contributed by atoms with Gasteiger partial charge in [0.15, 0.2) is 4.73 Å². The second kappa shape index (κ2) is 2.71. The molecular weight excluding hydrogens is 220 g/mol. The number of aromatic hydroxyl groups is 1. The molecule has 0 radical (unpaired) electrons. The molecule has 12 heavy (non-hydrogen) atoms. The van der Waals surface area contributed by atoms with E-state index >= 15 is 0 Å². The van der Waals surface area contributed by atoms with Gasteiger partial charge < -0.3 is 5.11 Å². The fourth-order valence-electron chi connectivity index (χ4n) is 1.02. The molecule has 0 atom stereocenters. The number of hydrogen-bond acceptors (Lipinski definition) is 3. The maximum Gasteiger partial charge on any atom is 0.197 e. The standard InChI is InChI=1S/C8H5BrN2O/c9-8-10-4-5-6(11-8)2-1-3-7(5)12/h1-4,12H. The van der Waals surface area contributed by atoms with Crippen molar-refractivity contribution < 1.29 is 5.11 Å². The first-order valence-corrected chi connectivity index (χ1v) is 4.17. The van der Waals surface area contributed by atoms with Crippen LogP contribution in [0, 0.1) is 0 Å². The minimum absolute atomic E-state index is 0.208. The van der Waals surface area contributed by atoms with Crippen molar-refractivity contribution in [2.24, 2.45) is 0 Å². The van der Waals surface area contributed by atoms with Crippen molar-refractivity contribution >= 4 is 26.8 Å². The van der Waals surface area contributed by atoms with Crippen LogP contribution in [0.25, 0.3) is 10.9 Å². The maximum absolute atomic E-state index is 9.37. The molecule has 1 aromatic heterocycles. The molecule has 0 aliphatic heterocycles. The van der Waals surface area contributed by atoms with Crippen LogP contribution in [-0.2, 0) is 0 Å². The first kappa shape index (κ1) is 7.49. The largest absolute Gasteiger partial charge is 0.507 e. The molecular formula is C8H5BrN2O. The van der Waals surface area contributed by atoms with E-state index in [0.29, 0.717) is 10.1 Å². The zero-order chi connectivity index (χ0) is 8.55. The summed E-state index contributed by atoms with van der Waals surface area (Å²) >= 11 is 3.15. The van der Waals surface area contributed by atoms with Crippen LogP contribution < -0.4 is 0 Å². The Morgan fingerprint density at radius 1 is 1.33 bits per heavy atom. The fraction of sp³-hybridized carbons (Fsp3) is 0. The molecule has 0 fully saturated rings. The molecule has 3 nitrogen and oxygen atoms in total. The highest BCUT2D eigenvalue weighted by Gasteiger charge is 2.00. The van der Waals surface area contributed by atoms with E-state index in [0.717, 1.165) is 5.52 Å². The van der Waals surface area contributed by atoms with Gasteiger partial charge in [-0.25, -0.2) is 9.97 Å². The number of hydrogen-bond donors (Lipinski definition) is 1. The quantitative estimate of drug-likeness (QED) is 0.698. The van der Waals surface area contributed by atoms with Crippen molar-refractivity contribution in [3.05, 3.63) is 29.1 Å². The molecule has 1 N–H and O–H groups in total. The summed E-state index contributed by atoms with van der Waals surface area (Å²) in [5.41, 5.74) is 0.733. The molecule has 0 spiro atoms. The number of halogens is 1. The van der Waals surface area contributed by atoms with Crippen molar-refractivity contribution in [3.63, 3.8) is 0 Å². The average Bonchev–Trinajstić information content (AvgIpc) is 2.04. The van der Waals surface area contributed by atoms with Crippen LogP contribution in [0.4, 0.5) is 0 Å². The summed E-state index contributed by atoms with van der Waals surface area (Å²) < 4.78 is 0.528. The van der Waals surface area contributed by atoms with E-state index in [-0.39, 0.29) is 5.75 Å². The molecule has 1 heterocycles. The summed E-state index contributed by atoms with van der Waals surface area (Å²) in [6.07, 6.45) is 1.59. The summed E-state index contributed by atoms with van der Waals surface area (Å²) in [4.78, 5) is 8.00. The van der Waals surface area contributed by atoms with Gasteiger partial charge in [-0.1, -0.05) is 6.07 Å². The molecule has 2 aromatic rings. The lowest BCUT2D eigenvalue weighted by Crippen LogP contribution is -1.83. The van der Waals surface area contributed by atoms with Gasteiger partial charge >= 0.3 is 0 Å². The van der Waals surface area contributed by atoms with Crippen LogP contribution >= 0.6 is 15.9 Å². The van der Waals surface area contributed by atoms with Crippen LogP contribution in [0.15, 0.2) is 29.1 Å². The van der Waals surface area contributed by atoms with Crippen LogP contribution in [0.1, 0.15) is 0 Å². The Kier molecular flexibility index (Phi) is 1.69. The first-order chi connectivity index (χ1) is 5.77. The minimum atomic E-state index is 0.208. The zero-order valence-electron chi connectivity index (χ0n) is 6.03. The van der Waals surface area contributed by atoms with Crippen molar-refractivity contribution in [2.45, 2.75) is 0 Å². The smallest absolute Gasteiger partial charge is 0.197 e. The Balaban J connectivity index is 2.86. The second-order valence-corrected chi connectivity index (χ2v) is 3.06. The Labute approximate surface area is 77.2 Å². The highest BCUT2D eigenvalue weighted by Crippen LogP contribution is 2.22. The molecule has 2 rings (SSSR count). The van der Waals surface area contributed by atoms with Gasteiger partial charge in [-0.05, 0) is 28.1 Å². The Bertz CT molecular complexity index is 430. The number of fused-ring (bicyclic) bond motifs is 1. The van der Waals surface area contributed by atoms with Crippen molar-refractivity contribution in [2.75, 3.05) is 0 Å². The highest BCUT2D eigenvalue weighted by molar-refractivity contribution is 9.10. The van der Waals surface area contributed by atoms with Gasteiger partial charge in [0.2, 0.25) is 0 Å². The predicted octanol–water partition coefficient (Wildman–Crippen LogP) is 2.10. The summed E-state index contributed by atoms with van der Waals surface area (Å²) in [7, 11) is 0. The predicted molar refractivity (Wildman–Crippen MR) is 48.9 cm³/mol.